The smallest absolute Gasteiger partial charge is 0.306 e. The first kappa shape index (κ1) is 12.3. The van der Waals surface area contributed by atoms with E-state index >= 15 is 0 Å². The molecular formula is C13H15N3O2. The Morgan fingerprint density at radius 2 is 2.39 bits per heavy atom. The van der Waals surface area contributed by atoms with Gasteiger partial charge in [0, 0.05) is 30.7 Å². The minimum Gasteiger partial charge on any atom is -0.481 e. The Morgan fingerprint density at radius 3 is 3.06 bits per heavy atom. The lowest BCUT2D eigenvalue weighted by Gasteiger charge is -2.05. The highest BCUT2D eigenvalue weighted by Gasteiger charge is 2.10. The molecule has 2 aromatic heterocycles. The van der Waals surface area contributed by atoms with Gasteiger partial charge in [0.25, 0.3) is 0 Å². The molecule has 0 saturated carbocycles. The van der Waals surface area contributed by atoms with Crippen molar-refractivity contribution in [1.82, 2.24) is 14.5 Å². The summed E-state index contributed by atoms with van der Waals surface area (Å²) in [5.74, 6) is -1.10. The van der Waals surface area contributed by atoms with Crippen LogP contribution in [0.2, 0.25) is 0 Å². The topological polar surface area (TPSA) is 68.0 Å². The van der Waals surface area contributed by atoms with Gasteiger partial charge in [-0.25, -0.2) is 4.98 Å². The number of hydrogen-bond donors (Lipinski definition) is 1. The first-order valence-electron chi connectivity index (χ1n) is 5.82. The van der Waals surface area contributed by atoms with E-state index in [1.54, 1.807) is 25.6 Å². The van der Waals surface area contributed by atoms with E-state index in [-0.39, 0.29) is 5.92 Å². The van der Waals surface area contributed by atoms with Crippen LogP contribution in [-0.4, -0.2) is 25.6 Å². The molecule has 1 atom stereocenters. The van der Waals surface area contributed by atoms with Crippen LogP contribution in [0.5, 0.6) is 0 Å². The zero-order chi connectivity index (χ0) is 13.0. The number of aromatic nitrogens is 3. The van der Waals surface area contributed by atoms with Crippen LogP contribution in [0.15, 0.2) is 37.1 Å². The summed E-state index contributed by atoms with van der Waals surface area (Å²) in [4.78, 5) is 19.0. The zero-order valence-corrected chi connectivity index (χ0v) is 10.2. The molecule has 2 aromatic rings. The van der Waals surface area contributed by atoms with Crippen molar-refractivity contribution in [3.63, 3.8) is 0 Å². The van der Waals surface area contributed by atoms with Gasteiger partial charge in [-0.3, -0.25) is 9.78 Å². The highest BCUT2D eigenvalue weighted by Crippen LogP contribution is 2.15. The maximum absolute atomic E-state index is 10.7. The predicted molar refractivity (Wildman–Crippen MR) is 66.9 cm³/mol. The molecular weight excluding hydrogens is 230 g/mol. The van der Waals surface area contributed by atoms with Crippen LogP contribution in [0.1, 0.15) is 13.3 Å². The van der Waals surface area contributed by atoms with Crippen LogP contribution in [-0.2, 0) is 11.3 Å². The van der Waals surface area contributed by atoms with E-state index in [4.69, 9.17) is 5.11 Å². The summed E-state index contributed by atoms with van der Waals surface area (Å²) in [7, 11) is 0. The number of pyridine rings is 1. The summed E-state index contributed by atoms with van der Waals surface area (Å²) in [5, 5.41) is 8.81. The van der Waals surface area contributed by atoms with Crippen LogP contribution in [0, 0.1) is 5.92 Å². The second-order valence-corrected chi connectivity index (χ2v) is 4.27. The number of nitrogens with zero attached hydrogens (tertiary/aromatic N) is 3. The number of imidazole rings is 1. The second kappa shape index (κ2) is 5.44. The van der Waals surface area contributed by atoms with Crippen LogP contribution in [0.25, 0.3) is 11.3 Å². The van der Waals surface area contributed by atoms with Crippen molar-refractivity contribution in [1.29, 1.82) is 0 Å². The van der Waals surface area contributed by atoms with Crippen molar-refractivity contribution < 1.29 is 9.90 Å². The number of aryl methyl sites for hydroxylation is 1. The van der Waals surface area contributed by atoms with E-state index in [0.717, 1.165) is 11.3 Å². The molecule has 0 bridgehead atoms. The molecule has 18 heavy (non-hydrogen) atoms. The van der Waals surface area contributed by atoms with E-state index in [9.17, 15) is 4.79 Å². The highest BCUT2D eigenvalue weighted by molar-refractivity contribution is 5.69. The van der Waals surface area contributed by atoms with E-state index in [1.807, 2.05) is 22.9 Å². The third-order valence-electron chi connectivity index (χ3n) is 2.83. The van der Waals surface area contributed by atoms with E-state index < -0.39 is 5.97 Å². The lowest BCUT2D eigenvalue weighted by molar-refractivity contribution is -0.141. The van der Waals surface area contributed by atoms with Crippen LogP contribution >= 0.6 is 0 Å². The van der Waals surface area contributed by atoms with Gasteiger partial charge in [0.1, 0.15) is 0 Å². The third-order valence-corrected chi connectivity index (χ3v) is 2.83. The summed E-state index contributed by atoms with van der Waals surface area (Å²) >= 11 is 0. The van der Waals surface area contributed by atoms with Gasteiger partial charge in [-0.05, 0) is 18.6 Å². The van der Waals surface area contributed by atoms with Crippen molar-refractivity contribution in [3.8, 4) is 11.3 Å². The Morgan fingerprint density at radius 1 is 1.56 bits per heavy atom. The Bertz CT molecular complexity index is 522. The second-order valence-electron chi connectivity index (χ2n) is 4.27. The molecule has 5 nitrogen and oxygen atoms in total. The molecule has 0 aliphatic carbocycles. The van der Waals surface area contributed by atoms with Gasteiger partial charge in [-0.1, -0.05) is 6.92 Å². The van der Waals surface area contributed by atoms with Crippen molar-refractivity contribution in [2.24, 2.45) is 5.92 Å². The lowest BCUT2D eigenvalue weighted by atomic mass is 10.1. The summed E-state index contributed by atoms with van der Waals surface area (Å²) in [6.07, 6.45) is 7.70. The quantitative estimate of drug-likeness (QED) is 0.875. The highest BCUT2D eigenvalue weighted by atomic mass is 16.4. The Balaban J connectivity index is 2.01. The van der Waals surface area contributed by atoms with Crippen molar-refractivity contribution >= 4 is 5.97 Å². The van der Waals surface area contributed by atoms with E-state index in [1.165, 1.54) is 0 Å². The minimum atomic E-state index is -0.761. The Kier molecular flexibility index (Phi) is 3.72. The minimum absolute atomic E-state index is 0.339. The fourth-order valence-corrected chi connectivity index (χ4v) is 1.61. The number of hydrogen-bond acceptors (Lipinski definition) is 3. The molecule has 5 heteroatoms. The first-order valence-corrected chi connectivity index (χ1v) is 5.82. The number of carbonyl (C=O) groups is 1. The number of carboxylic acids is 1. The summed E-state index contributed by atoms with van der Waals surface area (Å²) in [5.41, 5.74) is 1.81. The van der Waals surface area contributed by atoms with Crippen molar-refractivity contribution in [2.75, 3.05) is 0 Å². The summed E-state index contributed by atoms with van der Waals surface area (Å²) in [6, 6.07) is 3.81. The standard InChI is InChI=1S/C13H15N3O2/c1-10(13(17)18)4-6-16-8-12(15-9-16)11-3-2-5-14-7-11/h2-3,5,7-10H,4,6H2,1H3,(H,17,18). The van der Waals surface area contributed by atoms with Gasteiger partial charge in [-0.15, -0.1) is 0 Å². The van der Waals surface area contributed by atoms with Crippen molar-refractivity contribution in [2.45, 2.75) is 19.9 Å². The maximum atomic E-state index is 10.7. The monoisotopic (exact) mass is 245 g/mol. The number of rotatable bonds is 5. The third kappa shape index (κ3) is 2.94. The van der Waals surface area contributed by atoms with Gasteiger partial charge in [0.05, 0.1) is 17.9 Å². The molecule has 0 spiro atoms. The maximum Gasteiger partial charge on any atom is 0.306 e. The molecule has 94 valence electrons. The molecule has 0 saturated heterocycles. The molecule has 0 aliphatic rings. The van der Waals surface area contributed by atoms with Crippen LogP contribution < -0.4 is 0 Å². The van der Waals surface area contributed by atoms with Crippen LogP contribution in [0.3, 0.4) is 0 Å². The summed E-state index contributed by atoms with van der Waals surface area (Å²) in [6.45, 7) is 2.36. The van der Waals surface area contributed by atoms with Crippen molar-refractivity contribution in [3.05, 3.63) is 37.1 Å². The Hall–Kier alpha value is -2.17. The molecule has 0 aromatic carbocycles. The van der Waals surface area contributed by atoms with Crippen LogP contribution in [0.4, 0.5) is 0 Å². The largest absolute Gasteiger partial charge is 0.481 e. The average Bonchev–Trinajstić information content (AvgIpc) is 2.85. The van der Waals surface area contributed by atoms with Gasteiger partial charge >= 0.3 is 5.97 Å². The summed E-state index contributed by atoms with van der Waals surface area (Å²) < 4.78 is 1.90. The molecule has 0 aliphatic heterocycles. The van der Waals surface area contributed by atoms with Gasteiger partial charge < -0.3 is 9.67 Å². The Labute approximate surface area is 105 Å². The first-order chi connectivity index (χ1) is 8.66. The fraction of sp³-hybridized carbons (Fsp3) is 0.308. The van der Waals surface area contributed by atoms with Gasteiger partial charge in [0.2, 0.25) is 0 Å². The molecule has 2 rings (SSSR count). The van der Waals surface area contributed by atoms with Gasteiger partial charge in [-0.2, -0.15) is 0 Å². The number of carboxylic acid groups (broad SMARTS) is 1. The molecule has 0 amide bonds. The molecule has 1 N–H and O–H groups in total. The lowest BCUT2D eigenvalue weighted by Crippen LogP contribution is -2.11. The van der Waals surface area contributed by atoms with E-state index in [0.29, 0.717) is 13.0 Å². The normalized spacial score (nSPS) is 12.3. The molecule has 0 radical (unpaired) electrons. The zero-order valence-electron chi connectivity index (χ0n) is 10.2. The fourth-order valence-electron chi connectivity index (χ4n) is 1.61. The SMILES string of the molecule is CC(CCn1cnc(-c2cccnc2)c1)C(=O)O. The molecule has 0 fully saturated rings. The number of aliphatic carboxylic acids is 1. The molecule has 1 unspecified atom stereocenters. The molecule has 2 heterocycles. The average molecular weight is 245 g/mol. The predicted octanol–water partition coefficient (Wildman–Crippen LogP) is 2.06. The van der Waals surface area contributed by atoms with Gasteiger partial charge in [0.15, 0.2) is 0 Å². The van der Waals surface area contributed by atoms with E-state index in [2.05, 4.69) is 9.97 Å².